The Morgan fingerprint density at radius 3 is 2.67 bits per heavy atom. The van der Waals surface area contributed by atoms with E-state index in [1.807, 2.05) is 36.4 Å². The highest BCUT2D eigenvalue weighted by atomic mass is 35.5. The third kappa shape index (κ3) is 4.84. The summed E-state index contributed by atoms with van der Waals surface area (Å²) in [4.78, 5) is 31.3. The molecule has 6 nitrogen and oxygen atoms in total. The molecule has 0 fully saturated rings. The van der Waals surface area contributed by atoms with Gasteiger partial charge in [0.2, 0.25) is 11.8 Å². The van der Waals surface area contributed by atoms with Crippen LogP contribution in [0.1, 0.15) is 24.5 Å². The third-order valence-corrected chi connectivity index (χ3v) is 4.78. The number of pyridine rings is 1. The fourth-order valence-electron chi connectivity index (χ4n) is 3.11. The molecule has 3 rings (SSSR count). The molecule has 0 bridgehead atoms. The minimum atomic E-state index is -0.535. The molecule has 2 heterocycles. The number of rotatable bonds is 5. The molecule has 0 saturated heterocycles. The van der Waals surface area contributed by atoms with Crippen LogP contribution in [0.5, 0.6) is 0 Å². The summed E-state index contributed by atoms with van der Waals surface area (Å²) in [7, 11) is 1.73. The zero-order chi connectivity index (χ0) is 18.5. The molecule has 1 aliphatic rings. The molecular formula is C20H25ClN4O2. The molecule has 1 aromatic heterocycles. The number of aryl methyl sites for hydroxylation is 1. The van der Waals surface area contributed by atoms with Gasteiger partial charge in [0.05, 0.1) is 12.6 Å². The molecule has 144 valence electrons. The Kier molecular flexibility index (Phi) is 7.33. The molecule has 1 aromatic carbocycles. The monoisotopic (exact) mass is 388 g/mol. The number of hydrogen-bond donors (Lipinski definition) is 2. The van der Waals surface area contributed by atoms with Crippen LogP contribution in [0.4, 0.5) is 5.69 Å². The van der Waals surface area contributed by atoms with E-state index in [-0.39, 0.29) is 30.3 Å². The Hall–Kier alpha value is -2.44. The van der Waals surface area contributed by atoms with Crippen molar-refractivity contribution in [2.75, 3.05) is 11.9 Å². The maximum Gasteiger partial charge on any atom is 0.249 e. The molecule has 0 aliphatic carbocycles. The number of nitrogens with zero attached hydrogens (tertiary/aromatic N) is 2. The Morgan fingerprint density at radius 1 is 1.26 bits per heavy atom. The van der Waals surface area contributed by atoms with Crippen molar-refractivity contribution in [1.82, 2.24) is 15.6 Å². The first-order valence-corrected chi connectivity index (χ1v) is 8.86. The minimum absolute atomic E-state index is 0. The largest absolute Gasteiger partial charge is 0.343 e. The Bertz CT molecular complexity index is 785. The van der Waals surface area contributed by atoms with Crippen molar-refractivity contribution >= 4 is 29.9 Å². The number of benzene rings is 1. The van der Waals surface area contributed by atoms with Crippen LogP contribution in [0.3, 0.4) is 0 Å². The summed E-state index contributed by atoms with van der Waals surface area (Å²) >= 11 is 0. The molecule has 2 N–H and O–H groups in total. The van der Waals surface area contributed by atoms with Crippen LogP contribution in [0.15, 0.2) is 48.8 Å². The first-order chi connectivity index (χ1) is 12.6. The molecule has 0 spiro atoms. The summed E-state index contributed by atoms with van der Waals surface area (Å²) in [6.07, 6.45) is 4.77. The molecule has 2 atom stereocenters. The third-order valence-electron chi connectivity index (χ3n) is 4.78. The fraction of sp³-hybridized carbons (Fsp3) is 0.350. The quantitative estimate of drug-likeness (QED) is 0.822. The van der Waals surface area contributed by atoms with Gasteiger partial charge in [-0.25, -0.2) is 0 Å². The molecule has 0 saturated carbocycles. The van der Waals surface area contributed by atoms with E-state index in [4.69, 9.17) is 0 Å². The van der Waals surface area contributed by atoms with Gasteiger partial charge in [0.1, 0.15) is 6.04 Å². The highest BCUT2D eigenvalue weighted by Gasteiger charge is 2.32. The van der Waals surface area contributed by atoms with Crippen LogP contribution in [0.25, 0.3) is 0 Å². The minimum Gasteiger partial charge on any atom is -0.343 e. The Labute approximate surface area is 165 Å². The van der Waals surface area contributed by atoms with Crippen molar-refractivity contribution in [2.24, 2.45) is 0 Å². The number of halogens is 1. The lowest BCUT2D eigenvalue weighted by Crippen LogP contribution is -2.52. The van der Waals surface area contributed by atoms with E-state index in [0.29, 0.717) is 13.0 Å². The molecular weight excluding hydrogens is 364 g/mol. The second-order valence-electron chi connectivity index (χ2n) is 6.52. The number of likely N-dealkylation sites (N-methyl/N-ethyl adjacent to an activating group) is 1. The lowest BCUT2D eigenvalue weighted by molar-refractivity contribution is -0.128. The van der Waals surface area contributed by atoms with Gasteiger partial charge in [-0.1, -0.05) is 18.2 Å². The van der Waals surface area contributed by atoms with Crippen LogP contribution < -0.4 is 15.5 Å². The van der Waals surface area contributed by atoms with E-state index in [9.17, 15) is 9.59 Å². The summed E-state index contributed by atoms with van der Waals surface area (Å²) in [5.41, 5.74) is 3.03. The molecule has 27 heavy (non-hydrogen) atoms. The zero-order valence-corrected chi connectivity index (χ0v) is 16.3. The highest BCUT2D eigenvalue weighted by Crippen LogP contribution is 2.28. The van der Waals surface area contributed by atoms with Crippen molar-refractivity contribution in [2.45, 2.75) is 38.4 Å². The van der Waals surface area contributed by atoms with Gasteiger partial charge in [0.25, 0.3) is 0 Å². The topological polar surface area (TPSA) is 74.3 Å². The van der Waals surface area contributed by atoms with Crippen LogP contribution >= 0.6 is 12.4 Å². The van der Waals surface area contributed by atoms with Crippen LogP contribution in [-0.2, 0) is 22.6 Å². The lowest BCUT2D eigenvalue weighted by atomic mass is 10.1. The number of amides is 2. The van der Waals surface area contributed by atoms with Gasteiger partial charge >= 0.3 is 0 Å². The number of carbonyl (C=O) groups excluding carboxylic acids is 2. The Balaban J connectivity index is 0.00000261. The molecule has 0 radical (unpaired) electrons. The standard InChI is InChI=1S/C20H24N4O2.ClH/c1-14(21-2)19(25)23-17-8-7-16-5-3-4-6-18(16)24(20(17)26)13-15-9-11-22-12-10-15;/h3-6,9-12,14,17,21H,7-8,13H2,1-2H3,(H,23,25);1H/t14-,17-;/m0./s1. The van der Waals surface area contributed by atoms with E-state index in [1.165, 1.54) is 0 Å². The number of para-hydroxylation sites is 1. The summed E-state index contributed by atoms with van der Waals surface area (Å²) < 4.78 is 0. The second kappa shape index (κ2) is 9.48. The number of aromatic nitrogens is 1. The normalized spacial score (nSPS) is 17.3. The van der Waals surface area contributed by atoms with Crippen LogP contribution in [0, 0.1) is 0 Å². The predicted octanol–water partition coefficient (Wildman–Crippen LogP) is 2.08. The number of anilines is 1. The van der Waals surface area contributed by atoms with E-state index in [2.05, 4.69) is 15.6 Å². The van der Waals surface area contributed by atoms with Crippen LogP contribution in [0.2, 0.25) is 0 Å². The van der Waals surface area contributed by atoms with E-state index in [1.54, 1.807) is 31.3 Å². The molecule has 2 aromatic rings. The van der Waals surface area contributed by atoms with E-state index in [0.717, 1.165) is 23.2 Å². The highest BCUT2D eigenvalue weighted by molar-refractivity contribution is 6.00. The average Bonchev–Trinajstić information content (AvgIpc) is 2.80. The first-order valence-electron chi connectivity index (χ1n) is 8.86. The Morgan fingerprint density at radius 2 is 1.96 bits per heavy atom. The number of nitrogens with one attached hydrogen (secondary N) is 2. The van der Waals surface area contributed by atoms with Gasteiger partial charge in [-0.2, -0.15) is 0 Å². The van der Waals surface area contributed by atoms with Crippen molar-refractivity contribution in [3.8, 4) is 0 Å². The number of carbonyl (C=O) groups is 2. The van der Waals surface area contributed by atoms with Crippen molar-refractivity contribution in [3.63, 3.8) is 0 Å². The zero-order valence-electron chi connectivity index (χ0n) is 15.5. The number of fused-ring (bicyclic) bond motifs is 1. The molecule has 0 unspecified atom stereocenters. The summed E-state index contributed by atoms with van der Waals surface area (Å²) in [5.74, 6) is -0.246. The summed E-state index contributed by atoms with van der Waals surface area (Å²) in [5, 5.41) is 5.81. The van der Waals surface area contributed by atoms with Gasteiger partial charge in [-0.05, 0) is 56.1 Å². The number of hydrogen-bond acceptors (Lipinski definition) is 4. The van der Waals surface area contributed by atoms with Gasteiger partial charge in [-0.3, -0.25) is 14.6 Å². The van der Waals surface area contributed by atoms with Gasteiger partial charge in [0.15, 0.2) is 0 Å². The van der Waals surface area contributed by atoms with E-state index >= 15 is 0 Å². The van der Waals surface area contributed by atoms with Crippen LogP contribution in [-0.4, -0.2) is 35.9 Å². The lowest BCUT2D eigenvalue weighted by Gasteiger charge is -2.27. The molecule has 7 heteroatoms. The fourth-order valence-corrected chi connectivity index (χ4v) is 3.11. The molecule has 1 aliphatic heterocycles. The SMILES string of the molecule is CN[C@@H](C)C(=O)N[C@H]1CCc2ccccc2N(Cc2ccncc2)C1=O.Cl. The summed E-state index contributed by atoms with van der Waals surface area (Å²) in [6, 6.07) is 10.9. The van der Waals surface area contributed by atoms with Gasteiger partial charge < -0.3 is 15.5 Å². The first kappa shape index (κ1) is 20.9. The predicted molar refractivity (Wildman–Crippen MR) is 108 cm³/mol. The van der Waals surface area contributed by atoms with Gasteiger partial charge in [-0.15, -0.1) is 12.4 Å². The average molecular weight is 389 g/mol. The smallest absolute Gasteiger partial charge is 0.249 e. The van der Waals surface area contributed by atoms with Gasteiger partial charge in [0, 0.05) is 18.1 Å². The maximum absolute atomic E-state index is 13.2. The van der Waals surface area contributed by atoms with Crippen molar-refractivity contribution in [3.05, 3.63) is 59.9 Å². The maximum atomic E-state index is 13.2. The second-order valence-corrected chi connectivity index (χ2v) is 6.52. The van der Waals surface area contributed by atoms with Crippen molar-refractivity contribution < 1.29 is 9.59 Å². The van der Waals surface area contributed by atoms with Crippen molar-refractivity contribution in [1.29, 1.82) is 0 Å². The molecule has 2 amide bonds. The van der Waals surface area contributed by atoms with E-state index < -0.39 is 6.04 Å². The summed E-state index contributed by atoms with van der Waals surface area (Å²) in [6.45, 7) is 2.23.